The lowest BCUT2D eigenvalue weighted by Gasteiger charge is -2.16. The van der Waals surface area contributed by atoms with E-state index in [0.717, 1.165) is 24.3 Å². The number of hydrogen-bond donors (Lipinski definition) is 1. The summed E-state index contributed by atoms with van der Waals surface area (Å²) in [5, 5.41) is 10.0. The number of methoxy groups -OCH3 is 1. The van der Waals surface area contributed by atoms with E-state index in [1.54, 1.807) is 7.11 Å². The first-order valence-corrected chi connectivity index (χ1v) is 5.68. The fourth-order valence-electron chi connectivity index (χ4n) is 2.03. The maximum atomic E-state index is 10.0. The van der Waals surface area contributed by atoms with Crippen molar-refractivity contribution in [1.82, 2.24) is 0 Å². The average molecular weight is 222 g/mol. The van der Waals surface area contributed by atoms with Crippen LogP contribution in [0, 0.1) is 5.92 Å². The molecule has 0 spiro atoms. The molecule has 0 amide bonds. The Morgan fingerprint density at radius 3 is 2.75 bits per heavy atom. The molecule has 0 aromatic heterocycles. The van der Waals surface area contributed by atoms with Crippen LogP contribution in [-0.4, -0.2) is 31.5 Å². The number of rotatable bonds is 4. The number of aliphatic hydroxyl groups is 1. The summed E-state index contributed by atoms with van der Waals surface area (Å²) in [4.78, 5) is 0. The Morgan fingerprint density at radius 1 is 1.44 bits per heavy atom. The van der Waals surface area contributed by atoms with Crippen molar-refractivity contribution in [2.45, 2.75) is 18.9 Å². The van der Waals surface area contributed by atoms with E-state index in [1.165, 1.54) is 0 Å². The van der Waals surface area contributed by atoms with E-state index >= 15 is 0 Å². The van der Waals surface area contributed by atoms with Crippen molar-refractivity contribution in [3.63, 3.8) is 0 Å². The number of ether oxygens (including phenoxy) is 2. The minimum absolute atomic E-state index is 0.294. The van der Waals surface area contributed by atoms with Gasteiger partial charge < -0.3 is 14.6 Å². The molecule has 3 heteroatoms. The predicted octanol–water partition coefficient (Wildman–Crippen LogP) is 1.64. The molecule has 2 unspecified atom stereocenters. The standard InChI is InChI=1S/C13H18O3/c1-15-12-4-2-10(3-5-12)8-13(14)11-6-7-16-9-11/h2-5,11,13-14H,6-9H2,1H3. The monoisotopic (exact) mass is 222 g/mol. The second kappa shape index (κ2) is 5.32. The van der Waals surface area contributed by atoms with Gasteiger partial charge in [-0.3, -0.25) is 0 Å². The van der Waals surface area contributed by atoms with Gasteiger partial charge in [0.05, 0.1) is 19.8 Å². The zero-order valence-corrected chi connectivity index (χ0v) is 9.56. The molecule has 1 aromatic rings. The zero-order valence-electron chi connectivity index (χ0n) is 9.56. The molecule has 1 aliphatic heterocycles. The maximum Gasteiger partial charge on any atom is 0.118 e. The molecule has 1 saturated heterocycles. The lowest BCUT2D eigenvalue weighted by molar-refractivity contribution is 0.0918. The molecule has 3 nitrogen and oxygen atoms in total. The van der Waals surface area contributed by atoms with Gasteiger partial charge in [-0.2, -0.15) is 0 Å². The highest BCUT2D eigenvalue weighted by Crippen LogP contribution is 2.20. The predicted molar refractivity (Wildman–Crippen MR) is 61.6 cm³/mol. The van der Waals surface area contributed by atoms with E-state index in [9.17, 15) is 5.11 Å². The van der Waals surface area contributed by atoms with Crippen molar-refractivity contribution < 1.29 is 14.6 Å². The fourth-order valence-corrected chi connectivity index (χ4v) is 2.03. The van der Waals surface area contributed by atoms with E-state index < -0.39 is 0 Å². The Hall–Kier alpha value is -1.06. The molecule has 2 rings (SSSR count). The number of hydrogen-bond acceptors (Lipinski definition) is 3. The summed E-state index contributed by atoms with van der Waals surface area (Å²) < 4.78 is 10.4. The Bertz CT molecular complexity index is 314. The third-order valence-electron chi connectivity index (χ3n) is 3.11. The molecule has 0 radical (unpaired) electrons. The Balaban J connectivity index is 1.92. The normalized spacial score (nSPS) is 22.0. The van der Waals surface area contributed by atoms with Crippen LogP contribution in [0.2, 0.25) is 0 Å². The van der Waals surface area contributed by atoms with E-state index in [-0.39, 0.29) is 6.10 Å². The van der Waals surface area contributed by atoms with Gasteiger partial charge in [-0.05, 0) is 30.5 Å². The molecular formula is C13H18O3. The van der Waals surface area contributed by atoms with Crippen molar-refractivity contribution in [1.29, 1.82) is 0 Å². The quantitative estimate of drug-likeness (QED) is 0.841. The second-order valence-corrected chi connectivity index (χ2v) is 4.24. The Morgan fingerprint density at radius 2 is 2.19 bits per heavy atom. The van der Waals surface area contributed by atoms with Crippen molar-refractivity contribution in [3.05, 3.63) is 29.8 Å². The van der Waals surface area contributed by atoms with Gasteiger partial charge in [0.15, 0.2) is 0 Å². The zero-order chi connectivity index (χ0) is 11.4. The number of aliphatic hydroxyl groups excluding tert-OH is 1. The summed E-state index contributed by atoms with van der Waals surface area (Å²) in [5.41, 5.74) is 1.14. The average Bonchev–Trinajstić information content (AvgIpc) is 2.83. The van der Waals surface area contributed by atoms with Crippen molar-refractivity contribution in [2.24, 2.45) is 5.92 Å². The van der Waals surface area contributed by atoms with Gasteiger partial charge in [0.25, 0.3) is 0 Å². The fraction of sp³-hybridized carbons (Fsp3) is 0.538. The molecule has 2 atom stereocenters. The molecule has 1 aliphatic rings. The van der Waals surface area contributed by atoms with Crippen LogP contribution in [0.15, 0.2) is 24.3 Å². The highest BCUT2D eigenvalue weighted by molar-refractivity contribution is 5.27. The van der Waals surface area contributed by atoms with Crippen molar-refractivity contribution in [3.8, 4) is 5.75 Å². The largest absolute Gasteiger partial charge is 0.497 e. The maximum absolute atomic E-state index is 10.0. The van der Waals surface area contributed by atoms with E-state index in [1.807, 2.05) is 24.3 Å². The van der Waals surface area contributed by atoms with Crippen LogP contribution in [0.4, 0.5) is 0 Å². The van der Waals surface area contributed by atoms with Crippen LogP contribution in [0.25, 0.3) is 0 Å². The van der Waals surface area contributed by atoms with Gasteiger partial charge in [0.2, 0.25) is 0 Å². The molecule has 1 aromatic carbocycles. The molecule has 0 saturated carbocycles. The Kier molecular flexibility index (Phi) is 3.80. The van der Waals surface area contributed by atoms with Crippen molar-refractivity contribution >= 4 is 0 Å². The molecule has 1 fully saturated rings. The highest BCUT2D eigenvalue weighted by Gasteiger charge is 2.23. The Labute approximate surface area is 96.0 Å². The molecule has 0 aliphatic carbocycles. The minimum Gasteiger partial charge on any atom is -0.497 e. The van der Waals surface area contributed by atoms with E-state index in [4.69, 9.17) is 9.47 Å². The molecular weight excluding hydrogens is 204 g/mol. The van der Waals surface area contributed by atoms with Crippen LogP contribution < -0.4 is 4.74 Å². The van der Waals surface area contributed by atoms with E-state index in [2.05, 4.69) is 0 Å². The SMILES string of the molecule is COc1ccc(CC(O)C2CCOC2)cc1. The summed E-state index contributed by atoms with van der Waals surface area (Å²) >= 11 is 0. The summed E-state index contributed by atoms with van der Waals surface area (Å²) in [6, 6.07) is 7.84. The van der Waals surface area contributed by atoms with Crippen LogP contribution >= 0.6 is 0 Å². The minimum atomic E-state index is -0.295. The summed E-state index contributed by atoms with van der Waals surface area (Å²) in [6.45, 7) is 1.47. The first-order chi connectivity index (χ1) is 7.79. The van der Waals surface area contributed by atoms with Crippen LogP contribution in [0.5, 0.6) is 5.75 Å². The van der Waals surface area contributed by atoms with Gasteiger partial charge >= 0.3 is 0 Å². The van der Waals surface area contributed by atoms with Gasteiger partial charge in [-0.15, -0.1) is 0 Å². The topological polar surface area (TPSA) is 38.7 Å². The lowest BCUT2D eigenvalue weighted by atomic mass is 9.95. The van der Waals surface area contributed by atoms with Gasteiger partial charge in [0, 0.05) is 12.5 Å². The van der Waals surface area contributed by atoms with Crippen molar-refractivity contribution in [2.75, 3.05) is 20.3 Å². The third kappa shape index (κ3) is 2.74. The van der Waals surface area contributed by atoms with Gasteiger partial charge in [0.1, 0.15) is 5.75 Å². The van der Waals surface area contributed by atoms with Gasteiger partial charge in [-0.1, -0.05) is 12.1 Å². The lowest BCUT2D eigenvalue weighted by Crippen LogP contribution is -2.22. The number of benzene rings is 1. The van der Waals surface area contributed by atoms with Crippen LogP contribution in [0.3, 0.4) is 0 Å². The molecule has 1 N–H and O–H groups in total. The summed E-state index contributed by atoms with van der Waals surface area (Å²) in [7, 11) is 1.65. The smallest absolute Gasteiger partial charge is 0.118 e. The third-order valence-corrected chi connectivity index (χ3v) is 3.11. The van der Waals surface area contributed by atoms with E-state index in [0.29, 0.717) is 18.9 Å². The molecule has 16 heavy (non-hydrogen) atoms. The second-order valence-electron chi connectivity index (χ2n) is 4.24. The molecule has 88 valence electrons. The molecule has 1 heterocycles. The van der Waals surface area contributed by atoms with Crippen LogP contribution in [-0.2, 0) is 11.2 Å². The summed E-state index contributed by atoms with van der Waals surface area (Å²) in [5.74, 6) is 1.14. The first kappa shape index (κ1) is 11.4. The van der Waals surface area contributed by atoms with Crippen LogP contribution in [0.1, 0.15) is 12.0 Å². The van der Waals surface area contributed by atoms with Gasteiger partial charge in [-0.25, -0.2) is 0 Å². The summed E-state index contributed by atoms with van der Waals surface area (Å²) in [6.07, 6.45) is 1.37. The highest BCUT2D eigenvalue weighted by atomic mass is 16.5. The molecule has 0 bridgehead atoms. The first-order valence-electron chi connectivity index (χ1n) is 5.68.